The summed E-state index contributed by atoms with van der Waals surface area (Å²) in [6.07, 6.45) is 2.43. The largest absolute Gasteiger partial charge is 0.461 e. The third-order valence-corrected chi connectivity index (χ3v) is 2.82. The summed E-state index contributed by atoms with van der Waals surface area (Å²) in [5, 5.41) is 0. The number of hydrogen-bond donors (Lipinski definition) is 2. The lowest BCUT2D eigenvalue weighted by molar-refractivity contribution is 0.568. The molecule has 0 aliphatic carbocycles. The number of nitrogens with two attached hydrogens (primary N) is 1. The standard InChI is InChI=1S/C12H13N5O2/c1-2-5-17-8-9(15-12(13)16-11(8)18)14-10(17)7-4-3-6-19-7/h3-4,6H,2,5H2,1H3,(H3,13,15,16,18). The minimum absolute atomic E-state index is 0.0599. The third kappa shape index (κ3) is 1.79. The van der Waals surface area contributed by atoms with Crippen LogP contribution in [-0.2, 0) is 6.54 Å². The molecule has 3 heterocycles. The number of nitrogens with zero attached hydrogens (tertiary/aromatic N) is 3. The van der Waals surface area contributed by atoms with E-state index in [1.165, 1.54) is 0 Å². The molecule has 0 radical (unpaired) electrons. The molecule has 3 rings (SSSR count). The van der Waals surface area contributed by atoms with Crippen LogP contribution in [0.25, 0.3) is 22.7 Å². The van der Waals surface area contributed by atoms with Crippen molar-refractivity contribution in [3.05, 3.63) is 28.7 Å². The molecule has 3 aromatic rings. The first-order valence-corrected chi connectivity index (χ1v) is 6.00. The maximum atomic E-state index is 12.0. The first kappa shape index (κ1) is 11.5. The van der Waals surface area contributed by atoms with Gasteiger partial charge in [0.1, 0.15) is 0 Å². The van der Waals surface area contributed by atoms with E-state index >= 15 is 0 Å². The van der Waals surface area contributed by atoms with E-state index in [4.69, 9.17) is 10.2 Å². The molecule has 3 N–H and O–H groups in total. The van der Waals surface area contributed by atoms with Crippen molar-refractivity contribution in [2.45, 2.75) is 19.9 Å². The maximum absolute atomic E-state index is 12.0. The average Bonchev–Trinajstić information content (AvgIpc) is 2.96. The van der Waals surface area contributed by atoms with E-state index in [0.717, 1.165) is 6.42 Å². The molecule has 0 aliphatic rings. The number of anilines is 1. The number of aryl methyl sites for hydroxylation is 1. The lowest BCUT2D eigenvalue weighted by Crippen LogP contribution is -2.14. The molecular formula is C12H13N5O2. The predicted molar refractivity (Wildman–Crippen MR) is 70.6 cm³/mol. The van der Waals surface area contributed by atoms with Crippen molar-refractivity contribution in [2.24, 2.45) is 0 Å². The molecule has 0 amide bonds. The number of hydrogen-bond acceptors (Lipinski definition) is 5. The number of aromatic nitrogens is 4. The fraction of sp³-hybridized carbons (Fsp3) is 0.250. The van der Waals surface area contributed by atoms with Gasteiger partial charge in [-0.2, -0.15) is 4.98 Å². The molecule has 0 spiro atoms. The summed E-state index contributed by atoms with van der Waals surface area (Å²) < 4.78 is 7.16. The molecular weight excluding hydrogens is 246 g/mol. The van der Waals surface area contributed by atoms with Crippen molar-refractivity contribution in [3.63, 3.8) is 0 Å². The van der Waals surface area contributed by atoms with E-state index in [1.807, 2.05) is 6.92 Å². The zero-order valence-corrected chi connectivity index (χ0v) is 10.4. The summed E-state index contributed by atoms with van der Waals surface area (Å²) in [5.41, 5.74) is 6.00. The van der Waals surface area contributed by atoms with E-state index in [0.29, 0.717) is 29.3 Å². The Balaban J connectivity index is 2.36. The quantitative estimate of drug-likeness (QED) is 0.739. The Morgan fingerprint density at radius 1 is 1.47 bits per heavy atom. The molecule has 0 atom stereocenters. The highest BCUT2D eigenvalue weighted by atomic mass is 16.3. The molecule has 0 aromatic carbocycles. The van der Waals surface area contributed by atoms with Crippen LogP contribution in [0.4, 0.5) is 5.95 Å². The molecule has 0 saturated heterocycles. The van der Waals surface area contributed by atoms with Gasteiger partial charge in [0.15, 0.2) is 22.7 Å². The predicted octanol–water partition coefficient (Wildman–Crippen LogP) is 1.37. The monoisotopic (exact) mass is 259 g/mol. The van der Waals surface area contributed by atoms with Gasteiger partial charge in [0.25, 0.3) is 5.56 Å². The van der Waals surface area contributed by atoms with Crippen LogP contribution in [-0.4, -0.2) is 19.5 Å². The molecule has 0 aliphatic heterocycles. The minimum atomic E-state index is -0.291. The van der Waals surface area contributed by atoms with Gasteiger partial charge in [-0.25, -0.2) is 4.98 Å². The van der Waals surface area contributed by atoms with Crippen LogP contribution in [0, 0.1) is 0 Å². The molecule has 0 fully saturated rings. The number of furan rings is 1. The first-order valence-electron chi connectivity index (χ1n) is 6.00. The minimum Gasteiger partial charge on any atom is -0.461 e. The number of nitrogens with one attached hydrogen (secondary N) is 1. The molecule has 98 valence electrons. The molecule has 0 saturated carbocycles. The molecule has 0 unspecified atom stereocenters. The molecule has 19 heavy (non-hydrogen) atoms. The van der Waals surface area contributed by atoms with Crippen LogP contribution >= 0.6 is 0 Å². The summed E-state index contributed by atoms with van der Waals surface area (Å²) in [6, 6.07) is 3.57. The van der Waals surface area contributed by atoms with E-state index < -0.39 is 0 Å². The average molecular weight is 259 g/mol. The van der Waals surface area contributed by atoms with Crippen molar-refractivity contribution >= 4 is 17.1 Å². The van der Waals surface area contributed by atoms with E-state index in [9.17, 15) is 4.79 Å². The summed E-state index contributed by atoms with van der Waals surface area (Å²) in [7, 11) is 0. The second kappa shape index (κ2) is 4.27. The van der Waals surface area contributed by atoms with Gasteiger partial charge < -0.3 is 14.7 Å². The van der Waals surface area contributed by atoms with Crippen molar-refractivity contribution < 1.29 is 4.42 Å². The van der Waals surface area contributed by atoms with Gasteiger partial charge in [-0.1, -0.05) is 6.92 Å². The van der Waals surface area contributed by atoms with E-state index in [-0.39, 0.29) is 11.5 Å². The molecule has 7 nitrogen and oxygen atoms in total. The zero-order valence-electron chi connectivity index (χ0n) is 10.4. The van der Waals surface area contributed by atoms with Gasteiger partial charge >= 0.3 is 0 Å². The lowest BCUT2D eigenvalue weighted by atomic mass is 10.4. The van der Waals surface area contributed by atoms with Gasteiger partial charge in [0.2, 0.25) is 5.95 Å². The fourth-order valence-electron chi connectivity index (χ4n) is 2.10. The number of fused-ring (bicyclic) bond motifs is 1. The van der Waals surface area contributed by atoms with Crippen LogP contribution in [0.5, 0.6) is 0 Å². The van der Waals surface area contributed by atoms with E-state index in [1.54, 1.807) is 23.0 Å². The molecule has 3 aromatic heterocycles. The van der Waals surface area contributed by atoms with Crippen molar-refractivity contribution in [3.8, 4) is 11.6 Å². The Morgan fingerprint density at radius 3 is 3.00 bits per heavy atom. The van der Waals surface area contributed by atoms with Crippen LogP contribution < -0.4 is 11.3 Å². The second-order valence-electron chi connectivity index (χ2n) is 4.19. The number of H-pyrrole nitrogens is 1. The smallest absolute Gasteiger partial charge is 0.278 e. The summed E-state index contributed by atoms with van der Waals surface area (Å²) in [4.78, 5) is 22.9. The van der Waals surface area contributed by atoms with Crippen molar-refractivity contribution in [2.75, 3.05) is 5.73 Å². The van der Waals surface area contributed by atoms with Crippen LogP contribution in [0.3, 0.4) is 0 Å². The van der Waals surface area contributed by atoms with E-state index in [2.05, 4.69) is 15.0 Å². The van der Waals surface area contributed by atoms with Gasteiger partial charge in [-0.15, -0.1) is 0 Å². The first-order chi connectivity index (χ1) is 9.20. The Bertz CT molecular complexity index is 769. The fourth-order valence-corrected chi connectivity index (χ4v) is 2.10. The van der Waals surface area contributed by atoms with Crippen molar-refractivity contribution in [1.82, 2.24) is 19.5 Å². The van der Waals surface area contributed by atoms with Gasteiger partial charge in [-0.3, -0.25) is 9.78 Å². The molecule has 0 bridgehead atoms. The van der Waals surface area contributed by atoms with Crippen molar-refractivity contribution in [1.29, 1.82) is 0 Å². The molecule has 7 heteroatoms. The van der Waals surface area contributed by atoms with Crippen LogP contribution in [0.2, 0.25) is 0 Å². The highest BCUT2D eigenvalue weighted by Gasteiger charge is 2.18. The number of imidazole rings is 1. The lowest BCUT2D eigenvalue weighted by Gasteiger charge is -2.04. The summed E-state index contributed by atoms with van der Waals surface area (Å²) in [6.45, 7) is 2.68. The Morgan fingerprint density at radius 2 is 2.32 bits per heavy atom. The number of nitrogen functional groups attached to an aromatic ring is 1. The van der Waals surface area contributed by atoms with Gasteiger partial charge in [0, 0.05) is 6.54 Å². The summed E-state index contributed by atoms with van der Waals surface area (Å²) in [5.74, 6) is 1.25. The summed E-state index contributed by atoms with van der Waals surface area (Å²) >= 11 is 0. The second-order valence-corrected chi connectivity index (χ2v) is 4.19. The Kier molecular flexibility index (Phi) is 2.59. The van der Waals surface area contributed by atoms with Crippen LogP contribution in [0.15, 0.2) is 27.6 Å². The highest BCUT2D eigenvalue weighted by molar-refractivity contribution is 5.76. The SMILES string of the molecule is CCCn1c(-c2ccco2)nc2nc(N)[nH]c(=O)c21. The third-order valence-electron chi connectivity index (χ3n) is 2.82. The van der Waals surface area contributed by atoms with Crippen LogP contribution in [0.1, 0.15) is 13.3 Å². The topological polar surface area (TPSA) is 103 Å². The maximum Gasteiger partial charge on any atom is 0.278 e. The highest BCUT2D eigenvalue weighted by Crippen LogP contribution is 2.23. The van der Waals surface area contributed by atoms with Gasteiger partial charge in [0.05, 0.1) is 6.26 Å². The normalized spacial score (nSPS) is 11.2. The van der Waals surface area contributed by atoms with Gasteiger partial charge in [-0.05, 0) is 18.6 Å². The number of rotatable bonds is 3. The Hall–Kier alpha value is -2.57. The Labute approximate surface area is 108 Å². The number of aromatic amines is 1. The zero-order chi connectivity index (χ0) is 13.4.